The van der Waals surface area contributed by atoms with Gasteiger partial charge in [-0.25, -0.2) is 13.1 Å². The molecule has 0 heterocycles. The maximum atomic E-state index is 11.8. The molecule has 6 nitrogen and oxygen atoms in total. The van der Waals surface area contributed by atoms with Gasteiger partial charge >= 0.3 is 0 Å². The van der Waals surface area contributed by atoms with E-state index in [-0.39, 0.29) is 24.7 Å². The van der Waals surface area contributed by atoms with Gasteiger partial charge in [0, 0.05) is 13.1 Å². The summed E-state index contributed by atoms with van der Waals surface area (Å²) in [6, 6.07) is 7.07. The van der Waals surface area contributed by atoms with E-state index in [1.807, 2.05) is 0 Å². The zero-order valence-corrected chi connectivity index (χ0v) is 11.7. The number of hydrogen-bond donors (Lipinski definition) is 3. The van der Waals surface area contributed by atoms with E-state index in [0.29, 0.717) is 12.1 Å². The Kier molecular flexibility index (Phi) is 5.94. The van der Waals surface area contributed by atoms with Crippen LogP contribution in [0.5, 0.6) is 0 Å². The maximum absolute atomic E-state index is 11.8. The van der Waals surface area contributed by atoms with Crippen molar-refractivity contribution in [2.75, 3.05) is 13.1 Å². The second-order valence-corrected chi connectivity index (χ2v) is 5.81. The summed E-state index contributed by atoms with van der Waals surface area (Å²) in [5, 5.41) is 2.52. The third-order valence-corrected chi connectivity index (χ3v) is 3.79. The minimum Gasteiger partial charge on any atom is -0.355 e. The summed E-state index contributed by atoms with van der Waals surface area (Å²) in [6.45, 7) is 2.27. The van der Waals surface area contributed by atoms with Crippen LogP contribution in [0, 0.1) is 0 Å². The van der Waals surface area contributed by atoms with Gasteiger partial charge in [-0.1, -0.05) is 24.3 Å². The maximum Gasteiger partial charge on any atom is 0.235 e. The lowest BCUT2D eigenvalue weighted by Crippen LogP contribution is -2.37. The number of carbonyl (C=O) groups excluding carboxylic acids is 1. The first kappa shape index (κ1) is 15.6. The number of nitrogens with one attached hydrogen (secondary N) is 2. The van der Waals surface area contributed by atoms with Gasteiger partial charge in [-0.05, 0) is 18.1 Å². The van der Waals surface area contributed by atoms with Crippen LogP contribution in [0.2, 0.25) is 0 Å². The zero-order chi connectivity index (χ0) is 14.3. The van der Waals surface area contributed by atoms with Crippen LogP contribution in [0.1, 0.15) is 18.1 Å². The summed E-state index contributed by atoms with van der Waals surface area (Å²) in [5.74, 6) is -0.530. The number of rotatable bonds is 7. The van der Waals surface area contributed by atoms with Crippen molar-refractivity contribution in [2.45, 2.75) is 19.2 Å². The number of likely N-dealkylation sites (N-methyl/N-ethyl adjacent to an activating group) is 1. The van der Waals surface area contributed by atoms with Crippen molar-refractivity contribution in [3.63, 3.8) is 0 Å². The van der Waals surface area contributed by atoms with Gasteiger partial charge in [-0.15, -0.1) is 0 Å². The molecule has 0 atom stereocenters. The van der Waals surface area contributed by atoms with Crippen molar-refractivity contribution in [3.8, 4) is 0 Å². The van der Waals surface area contributed by atoms with Crippen molar-refractivity contribution < 1.29 is 13.2 Å². The summed E-state index contributed by atoms with van der Waals surface area (Å²) in [4.78, 5) is 11.2. The highest BCUT2D eigenvalue weighted by Crippen LogP contribution is 2.11. The highest BCUT2D eigenvalue weighted by atomic mass is 32.2. The fourth-order valence-corrected chi connectivity index (χ4v) is 2.73. The van der Waals surface area contributed by atoms with Gasteiger partial charge < -0.3 is 11.1 Å². The SMILES string of the molecule is CCNC(=O)CNS(=O)(=O)Cc1ccccc1CN. The second kappa shape index (κ2) is 7.22. The molecule has 7 heteroatoms. The van der Waals surface area contributed by atoms with Crippen LogP contribution in [0.25, 0.3) is 0 Å². The predicted octanol–water partition coefficient (Wildman–Crippen LogP) is -0.299. The molecule has 4 N–H and O–H groups in total. The summed E-state index contributed by atoms with van der Waals surface area (Å²) >= 11 is 0. The highest BCUT2D eigenvalue weighted by Gasteiger charge is 2.14. The van der Waals surface area contributed by atoms with Crippen LogP contribution in [0.4, 0.5) is 0 Å². The molecule has 0 saturated carbocycles. The van der Waals surface area contributed by atoms with Gasteiger partial charge in [0.25, 0.3) is 0 Å². The second-order valence-electron chi connectivity index (χ2n) is 4.01. The molecule has 0 radical (unpaired) electrons. The van der Waals surface area contributed by atoms with E-state index >= 15 is 0 Å². The van der Waals surface area contributed by atoms with Crippen LogP contribution < -0.4 is 15.8 Å². The molecule has 0 unspecified atom stereocenters. The Hall–Kier alpha value is -1.44. The lowest BCUT2D eigenvalue weighted by atomic mass is 10.1. The first-order chi connectivity index (χ1) is 8.98. The quantitative estimate of drug-likeness (QED) is 0.640. The molecule has 0 aliphatic heterocycles. The minimum absolute atomic E-state index is 0.181. The Balaban J connectivity index is 2.66. The number of hydrogen-bond acceptors (Lipinski definition) is 4. The molecule has 0 aliphatic carbocycles. The lowest BCUT2D eigenvalue weighted by molar-refractivity contribution is -0.119. The van der Waals surface area contributed by atoms with E-state index in [1.165, 1.54) is 0 Å². The third kappa shape index (κ3) is 5.37. The van der Waals surface area contributed by atoms with Crippen LogP contribution >= 0.6 is 0 Å². The first-order valence-electron chi connectivity index (χ1n) is 5.99. The number of amides is 1. The number of sulfonamides is 1. The van der Waals surface area contributed by atoms with E-state index in [0.717, 1.165) is 5.56 Å². The van der Waals surface area contributed by atoms with Crippen molar-refractivity contribution in [3.05, 3.63) is 35.4 Å². The molecule has 1 amide bonds. The molecular weight excluding hydrogens is 266 g/mol. The monoisotopic (exact) mass is 285 g/mol. The molecule has 0 bridgehead atoms. The number of nitrogens with two attached hydrogens (primary N) is 1. The van der Waals surface area contributed by atoms with Gasteiger partial charge in [0.05, 0.1) is 12.3 Å². The van der Waals surface area contributed by atoms with Crippen molar-refractivity contribution >= 4 is 15.9 Å². The standard InChI is InChI=1S/C12H19N3O3S/c1-2-14-12(16)8-15-19(17,18)9-11-6-4-3-5-10(11)7-13/h3-6,15H,2,7-9,13H2,1H3,(H,14,16). The Bertz CT molecular complexity index is 529. The number of benzene rings is 1. The molecule has 0 saturated heterocycles. The van der Waals surface area contributed by atoms with Crippen LogP contribution in [-0.2, 0) is 27.1 Å². The molecule has 1 aromatic rings. The van der Waals surface area contributed by atoms with Gasteiger partial charge in [0.15, 0.2) is 0 Å². The minimum atomic E-state index is -3.55. The fraction of sp³-hybridized carbons (Fsp3) is 0.417. The molecule has 106 valence electrons. The Morgan fingerprint density at radius 1 is 1.26 bits per heavy atom. The molecule has 1 rings (SSSR count). The summed E-state index contributed by atoms with van der Waals surface area (Å²) in [5.41, 5.74) is 6.98. The van der Waals surface area contributed by atoms with Crippen LogP contribution in [0.15, 0.2) is 24.3 Å². The largest absolute Gasteiger partial charge is 0.355 e. The fourth-order valence-electron chi connectivity index (χ4n) is 1.59. The van der Waals surface area contributed by atoms with Gasteiger partial charge in [0.2, 0.25) is 15.9 Å². The molecule has 19 heavy (non-hydrogen) atoms. The molecule has 0 spiro atoms. The van der Waals surface area contributed by atoms with Crippen molar-refractivity contribution in [2.24, 2.45) is 5.73 Å². The molecular formula is C12H19N3O3S. The van der Waals surface area contributed by atoms with Crippen LogP contribution in [0.3, 0.4) is 0 Å². The van der Waals surface area contributed by atoms with Gasteiger partial charge in [0.1, 0.15) is 0 Å². The van der Waals surface area contributed by atoms with E-state index in [9.17, 15) is 13.2 Å². The average molecular weight is 285 g/mol. The topological polar surface area (TPSA) is 101 Å². The summed E-state index contributed by atoms with van der Waals surface area (Å²) in [6.07, 6.45) is 0. The lowest BCUT2D eigenvalue weighted by Gasteiger charge is -2.09. The van der Waals surface area contributed by atoms with E-state index < -0.39 is 10.0 Å². The van der Waals surface area contributed by atoms with Crippen molar-refractivity contribution in [1.82, 2.24) is 10.0 Å². The normalized spacial score (nSPS) is 11.3. The summed E-state index contributed by atoms with van der Waals surface area (Å²) < 4.78 is 26.0. The van der Waals surface area contributed by atoms with E-state index in [1.54, 1.807) is 31.2 Å². The third-order valence-electron chi connectivity index (χ3n) is 2.51. The Morgan fingerprint density at radius 2 is 1.89 bits per heavy atom. The van der Waals surface area contributed by atoms with E-state index in [4.69, 9.17) is 5.73 Å². The molecule has 0 aromatic heterocycles. The number of carbonyl (C=O) groups is 1. The van der Waals surface area contributed by atoms with Crippen molar-refractivity contribution in [1.29, 1.82) is 0 Å². The first-order valence-corrected chi connectivity index (χ1v) is 7.64. The van der Waals surface area contributed by atoms with Crippen LogP contribution in [-0.4, -0.2) is 27.4 Å². The zero-order valence-electron chi connectivity index (χ0n) is 10.8. The molecule has 0 fully saturated rings. The predicted molar refractivity (Wildman–Crippen MR) is 73.6 cm³/mol. The van der Waals surface area contributed by atoms with Gasteiger partial charge in [-0.2, -0.15) is 0 Å². The molecule has 0 aliphatic rings. The highest BCUT2D eigenvalue weighted by molar-refractivity contribution is 7.88. The molecule has 1 aromatic carbocycles. The van der Waals surface area contributed by atoms with Gasteiger partial charge in [-0.3, -0.25) is 4.79 Å². The van der Waals surface area contributed by atoms with E-state index in [2.05, 4.69) is 10.0 Å². The Labute approximate surface area is 113 Å². The smallest absolute Gasteiger partial charge is 0.235 e. The average Bonchev–Trinajstić information content (AvgIpc) is 2.37. The Morgan fingerprint density at radius 3 is 2.47 bits per heavy atom. The summed E-state index contributed by atoms with van der Waals surface area (Å²) in [7, 11) is -3.55.